The van der Waals surface area contributed by atoms with Crippen molar-refractivity contribution in [3.8, 4) is 0 Å². The third kappa shape index (κ3) is 4.28. The summed E-state index contributed by atoms with van der Waals surface area (Å²) < 4.78 is 0.982. The Morgan fingerprint density at radius 3 is 2.73 bits per heavy atom. The first-order valence-corrected chi connectivity index (χ1v) is 8.86. The van der Waals surface area contributed by atoms with Gasteiger partial charge in [0.05, 0.1) is 17.4 Å². The average molecular weight is 412 g/mol. The fourth-order valence-corrected chi connectivity index (χ4v) is 3.08. The molecule has 0 fully saturated rings. The van der Waals surface area contributed by atoms with E-state index in [0.29, 0.717) is 12.1 Å². The van der Waals surface area contributed by atoms with E-state index in [2.05, 4.69) is 32.3 Å². The van der Waals surface area contributed by atoms with Gasteiger partial charge >= 0.3 is 0 Å². The van der Waals surface area contributed by atoms with E-state index in [1.807, 2.05) is 49.5 Å². The molecular formula is C20H18BrN3O2. The average Bonchev–Trinajstić information content (AvgIpc) is 2.66. The number of nitrogens with one attached hydrogen (secondary N) is 2. The second-order valence-electron chi connectivity index (χ2n) is 5.94. The number of rotatable bonds is 5. The molecule has 132 valence electrons. The van der Waals surface area contributed by atoms with Gasteiger partial charge in [-0.05, 0) is 52.7 Å². The minimum absolute atomic E-state index is 0.411. The Bertz CT molecular complexity index is 968. The van der Waals surface area contributed by atoms with Crippen LogP contribution in [0.2, 0.25) is 0 Å². The Hall–Kier alpha value is -2.70. The zero-order chi connectivity index (χ0) is 18.5. The molecule has 1 aromatic heterocycles. The van der Waals surface area contributed by atoms with E-state index >= 15 is 0 Å². The van der Waals surface area contributed by atoms with Gasteiger partial charge in [-0.3, -0.25) is 15.0 Å². The Morgan fingerprint density at radius 2 is 2.00 bits per heavy atom. The SMILES string of the molecule is C/C(=C\c1ccc(C(=O)NO)cc1)CNc1cnc2c(Br)cccc2c1. The molecule has 0 aliphatic heterocycles. The quantitative estimate of drug-likeness (QED) is 0.422. The molecule has 2 aromatic carbocycles. The number of nitrogens with zero attached hydrogens (tertiary/aromatic N) is 1. The molecule has 0 spiro atoms. The monoisotopic (exact) mass is 411 g/mol. The molecule has 3 rings (SSSR count). The third-order valence-corrected chi connectivity index (χ3v) is 4.56. The predicted octanol–water partition coefficient (Wildman–Crippen LogP) is 4.63. The van der Waals surface area contributed by atoms with E-state index in [1.54, 1.807) is 17.6 Å². The number of benzene rings is 2. The summed E-state index contributed by atoms with van der Waals surface area (Å²) in [6, 6.07) is 15.1. The van der Waals surface area contributed by atoms with E-state index < -0.39 is 5.91 Å². The Labute approximate surface area is 159 Å². The lowest BCUT2D eigenvalue weighted by atomic mass is 10.1. The number of amides is 1. The molecule has 0 saturated heterocycles. The molecule has 6 heteroatoms. The standard InChI is InChI=1S/C20H18BrN3O2/c1-13(9-14-5-7-15(8-6-14)20(25)24-26)11-22-17-10-16-3-2-4-18(21)19(16)23-12-17/h2-10,12,22,26H,11H2,1H3,(H,24,25)/b13-9+. The summed E-state index contributed by atoms with van der Waals surface area (Å²) in [6.07, 6.45) is 3.86. The van der Waals surface area contributed by atoms with Crippen LogP contribution in [0.15, 0.2) is 64.8 Å². The number of para-hydroxylation sites is 1. The van der Waals surface area contributed by atoms with E-state index in [-0.39, 0.29) is 0 Å². The first kappa shape index (κ1) is 18.1. The molecule has 1 heterocycles. The van der Waals surface area contributed by atoms with Gasteiger partial charge in [0.2, 0.25) is 0 Å². The Balaban J connectivity index is 1.67. The molecule has 0 aliphatic rings. The van der Waals surface area contributed by atoms with Crippen LogP contribution in [0.5, 0.6) is 0 Å². The van der Waals surface area contributed by atoms with E-state index in [0.717, 1.165) is 32.2 Å². The molecule has 0 bridgehead atoms. The molecule has 3 aromatic rings. The van der Waals surface area contributed by atoms with Gasteiger partial charge in [0, 0.05) is 22.0 Å². The number of fused-ring (bicyclic) bond motifs is 1. The minimum atomic E-state index is -0.519. The van der Waals surface area contributed by atoms with Gasteiger partial charge in [0.1, 0.15) is 0 Å². The van der Waals surface area contributed by atoms with Crippen molar-refractivity contribution in [2.75, 3.05) is 11.9 Å². The molecule has 0 unspecified atom stereocenters. The molecule has 1 amide bonds. The fourth-order valence-electron chi connectivity index (χ4n) is 2.59. The summed E-state index contributed by atoms with van der Waals surface area (Å²) >= 11 is 3.51. The highest BCUT2D eigenvalue weighted by Gasteiger charge is 2.03. The lowest BCUT2D eigenvalue weighted by Crippen LogP contribution is -2.18. The summed E-state index contributed by atoms with van der Waals surface area (Å²) in [7, 11) is 0. The van der Waals surface area contributed by atoms with Crippen LogP contribution in [-0.4, -0.2) is 22.6 Å². The second-order valence-corrected chi connectivity index (χ2v) is 6.80. The number of aromatic nitrogens is 1. The third-order valence-electron chi connectivity index (χ3n) is 3.92. The van der Waals surface area contributed by atoms with Crippen molar-refractivity contribution < 1.29 is 10.0 Å². The minimum Gasteiger partial charge on any atom is -0.380 e. The normalized spacial score (nSPS) is 11.4. The van der Waals surface area contributed by atoms with Crippen LogP contribution >= 0.6 is 15.9 Å². The summed E-state index contributed by atoms with van der Waals surface area (Å²) in [5, 5.41) is 13.1. The zero-order valence-electron chi connectivity index (χ0n) is 14.2. The number of carbonyl (C=O) groups is 1. The summed E-state index contributed by atoms with van der Waals surface area (Å²) in [5.74, 6) is -0.519. The lowest BCUT2D eigenvalue weighted by molar-refractivity contribution is 0.0706. The summed E-state index contributed by atoms with van der Waals surface area (Å²) in [6.45, 7) is 2.71. The largest absolute Gasteiger partial charge is 0.380 e. The van der Waals surface area contributed by atoms with Crippen LogP contribution in [0.1, 0.15) is 22.8 Å². The number of carbonyl (C=O) groups excluding carboxylic acids is 1. The maximum absolute atomic E-state index is 11.3. The Morgan fingerprint density at radius 1 is 1.23 bits per heavy atom. The first-order chi connectivity index (χ1) is 12.6. The maximum atomic E-state index is 11.3. The topological polar surface area (TPSA) is 74.2 Å². The molecule has 26 heavy (non-hydrogen) atoms. The van der Waals surface area contributed by atoms with Crippen LogP contribution in [0.3, 0.4) is 0 Å². The van der Waals surface area contributed by atoms with Gasteiger partial charge < -0.3 is 5.32 Å². The highest BCUT2D eigenvalue weighted by Crippen LogP contribution is 2.24. The van der Waals surface area contributed by atoms with Crippen molar-refractivity contribution in [3.05, 3.63) is 75.9 Å². The van der Waals surface area contributed by atoms with Crippen molar-refractivity contribution >= 4 is 44.5 Å². The smallest absolute Gasteiger partial charge is 0.274 e. The van der Waals surface area contributed by atoms with Gasteiger partial charge in [0.15, 0.2) is 0 Å². The molecule has 0 atom stereocenters. The van der Waals surface area contributed by atoms with E-state index in [1.165, 1.54) is 0 Å². The van der Waals surface area contributed by atoms with Crippen LogP contribution in [-0.2, 0) is 0 Å². The highest BCUT2D eigenvalue weighted by atomic mass is 79.9. The zero-order valence-corrected chi connectivity index (χ0v) is 15.7. The predicted molar refractivity (Wildman–Crippen MR) is 107 cm³/mol. The number of halogens is 1. The maximum Gasteiger partial charge on any atom is 0.274 e. The number of hydrogen-bond donors (Lipinski definition) is 3. The van der Waals surface area contributed by atoms with Gasteiger partial charge in [0.25, 0.3) is 5.91 Å². The van der Waals surface area contributed by atoms with Crippen molar-refractivity contribution in [3.63, 3.8) is 0 Å². The van der Waals surface area contributed by atoms with Crippen molar-refractivity contribution in [1.29, 1.82) is 0 Å². The highest BCUT2D eigenvalue weighted by molar-refractivity contribution is 9.10. The van der Waals surface area contributed by atoms with Gasteiger partial charge in [-0.1, -0.05) is 35.9 Å². The molecule has 5 nitrogen and oxygen atoms in total. The van der Waals surface area contributed by atoms with Crippen LogP contribution < -0.4 is 10.8 Å². The molecule has 0 saturated carbocycles. The van der Waals surface area contributed by atoms with Gasteiger partial charge in [-0.25, -0.2) is 5.48 Å². The number of anilines is 1. The number of hydroxylamine groups is 1. The number of pyridine rings is 1. The van der Waals surface area contributed by atoms with Crippen molar-refractivity contribution in [1.82, 2.24) is 10.5 Å². The van der Waals surface area contributed by atoms with Crippen LogP contribution in [0, 0.1) is 0 Å². The van der Waals surface area contributed by atoms with E-state index in [4.69, 9.17) is 5.21 Å². The van der Waals surface area contributed by atoms with Gasteiger partial charge in [-0.15, -0.1) is 0 Å². The summed E-state index contributed by atoms with van der Waals surface area (Å²) in [5.41, 5.74) is 6.06. The van der Waals surface area contributed by atoms with Crippen LogP contribution in [0.25, 0.3) is 17.0 Å². The summed E-state index contributed by atoms with van der Waals surface area (Å²) in [4.78, 5) is 15.8. The number of hydrogen-bond acceptors (Lipinski definition) is 4. The van der Waals surface area contributed by atoms with Crippen molar-refractivity contribution in [2.24, 2.45) is 0 Å². The van der Waals surface area contributed by atoms with Crippen LogP contribution in [0.4, 0.5) is 5.69 Å². The first-order valence-electron chi connectivity index (χ1n) is 8.06. The molecule has 3 N–H and O–H groups in total. The molecule has 0 aliphatic carbocycles. The molecule has 0 radical (unpaired) electrons. The second kappa shape index (κ2) is 8.12. The molecular weight excluding hydrogens is 394 g/mol. The lowest BCUT2D eigenvalue weighted by Gasteiger charge is -2.08. The van der Waals surface area contributed by atoms with E-state index in [9.17, 15) is 4.79 Å². The Kier molecular flexibility index (Phi) is 5.65. The van der Waals surface area contributed by atoms with Gasteiger partial charge in [-0.2, -0.15) is 0 Å². The van der Waals surface area contributed by atoms with Crippen molar-refractivity contribution in [2.45, 2.75) is 6.92 Å². The fraction of sp³-hybridized carbons (Fsp3) is 0.100.